The summed E-state index contributed by atoms with van der Waals surface area (Å²) in [5.41, 5.74) is 1.90. The molecule has 0 N–H and O–H groups in total. The summed E-state index contributed by atoms with van der Waals surface area (Å²) in [6.45, 7) is 27.0. The van der Waals surface area contributed by atoms with Crippen LogP contribution in [0, 0.1) is 10.8 Å². The molecule has 1 aliphatic heterocycles. The largest absolute Gasteiger partial charge is 0.498 e. The maximum absolute atomic E-state index is 5.70. The van der Waals surface area contributed by atoms with Crippen molar-refractivity contribution in [2.45, 2.75) is 137 Å². The quantitative estimate of drug-likeness (QED) is 0.112. The van der Waals surface area contributed by atoms with Crippen molar-refractivity contribution >= 4 is 23.5 Å². The van der Waals surface area contributed by atoms with Gasteiger partial charge in [-0.3, -0.25) is 0 Å². The Morgan fingerprint density at radius 3 is 1.91 bits per heavy atom. The first kappa shape index (κ1) is 33.0. The first-order valence-electron chi connectivity index (χ1n) is 13.9. The molecule has 1 rings (SSSR count). The van der Waals surface area contributed by atoms with E-state index in [1.807, 2.05) is 20.8 Å². The Morgan fingerprint density at radius 1 is 0.879 bits per heavy atom. The lowest BCUT2D eigenvalue weighted by molar-refractivity contribution is 0.148. The molecule has 1 unspecified atom stereocenters. The van der Waals surface area contributed by atoms with Crippen LogP contribution in [0.25, 0.3) is 0 Å². The maximum Gasteiger partial charge on any atom is 0.0944 e. The van der Waals surface area contributed by atoms with Gasteiger partial charge in [-0.05, 0) is 68.8 Å². The van der Waals surface area contributed by atoms with Crippen molar-refractivity contribution in [2.75, 3.05) is 18.1 Å². The number of ether oxygens (including phenoxy) is 1. The zero-order valence-corrected chi connectivity index (χ0v) is 25.4. The molecule has 0 aromatic heterocycles. The van der Waals surface area contributed by atoms with E-state index in [4.69, 9.17) is 4.74 Å². The molecule has 0 aliphatic carbocycles. The molecular weight excluding hydrogens is 440 g/mol. The maximum atomic E-state index is 5.70. The molecule has 0 radical (unpaired) electrons. The third-order valence-corrected chi connectivity index (χ3v) is 11.0. The van der Waals surface area contributed by atoms with E-state index in [-0.39, 0.29) is 5.41 Å². The summed E-state index contributed by atoms with van der Waals surface area (Å²) >= 11 is 4.53. The van der Waals surface area contributed by atoms with Gasteiger partial charge in [0.2, 0.25) is 0 Å². The van der Waals surface area contributed by atoms with Gasteiger partial charge in [-0.1, -0.05) is 99.3 Å². The van der Waals surface area contributed by atoms with E-state index in [0.29, 0.717) is 9.49 Å². The Morgan fingerprint density at radius 2 is 1.42 bits per heavy atom. The van der Waals surface area contributed by atoms with Crippen molar-refractivity contribution in [1.82, 2.24) is 0 Å². The van der Waals surface area contributed by atoms with Gasteiger partial charge in [0, 0.05) is 5.41 Å². The summed E-state index contributed by atoms with van der Waals surface area (Å²) in [6, 6.07) is 0. The molecule has 3 heteroatoms. The minimum absolute atomic E-state index is 0.0848. The smallest absolute Gasteiger partial charge is 0.0944 e. The van der Waals surface area contributed by atoms with Crippen LogP contribution < -0.4 is 0 Å². The summed E-state index contributed by atoms with van der Waals surface area (Å²) in [7, 11) is 0. The number of unbranched alkanes of at least 4 members (excludes halogenated alkanes) is 2. The summed E-state index contributed by atoms with van der Waals surface area (Å²) < 4.78 is 6.16. The molecule has 196 valence electrons. The molecule has 0 aromatic rings. The Hall–Kier alpha value is -0.0200. The molecule has 1 heterocycles. The lowest BCUT2D eigenvalue weighted by Crippen LogP contribution is -2.26. The van der Waals surface area contributed by atoms with E-state index in [1.54, 1.807) is 0 Å². The zero-order chi connectivity index (χ0) is 25.4. The second-order valence-corrected chi connectivity index (χ2v) is 13.6. The van der Waals surface area contributed by atoms with E-state index >= 15 is 0 Å². The third-order valence-electron chi connectivity index (χ3n) is 7.42. The van der Waals surface area contributed by atoms with Gasteiger partial charge in [0.1, 0.15) is 0 Å². The molecule has 1 nitrogen and oxygen atoms in total. The van der Waals surface area contributed by atoms with E-state index in [1.165, 1.54) is 94.1 Å². The standard InChI is InChI=1S/C28H52OS2.C2H6/c1-9-17-24(4)27(8,10-2)19-13-15-21-28(30-22-16-23-31-28)20-14-12-18-26(6,7)25(5)29-11-3;1-2/h4-5,9-23H2,1-3,6-8H3;1-2H3. The van der Waals surface area contributed by atoms with Gasteiger partial charge in [-0.2, -0.15) is 0 Å². The molecule has 0 bridgehead atoms. The van der Waals surface area contributed by atoms with Crippen LogP contribution in [0.2, 0.25) is 0 Å². The van der Waals surface area contributed by atoms with Gasteiger partial charge >= 0.3 is 0 Å². The minimum Gasteiger partial charge on any atom is -0.498 e. The molecule has 0 aromatic carbocycles. The van der Waals surface area contributed by atoms with Gasteiger partial charge < -0.3 is 4.74 Å². The molecule has 0 amide bonds. The zero-order valence-electron chi connectivity index (χ0n) is 23.7. The number of thioether (sulfide) groups is 2. The van der Waals surface area contributed by atoms with E-state index in [9.17, 15) is 0 Å². The van der Waals surface area contributed by atoms with Crippen LogP contribution >= 0.6 is 23.5 Å². The van der Waals surface area contributed by atoms with Crippen LogP contribution in [-0.4, -0.2) is 22.2 Å². The first-order valence-corrected chi connectivity index (χ1v) is 15.9. The SMILES string of the molecule is C=C(OCC)C(C)(C)CCCCC1(CCCCC(C)(CC)C(=C)CCC)SCCCS1.CC. The number of allylic oxidation sites excluding steroid dienone is 2. The highest BCUT2D eigenvalue weighted by molar-refractivity contribution is 8.18. The predicted octanol–water partition coefficient (Wildman–Crippen LogP) is 11.0. The Labute approximate surface area is 217 Å². The van der Waals surface area contributed by atoms with Crippen LogP contribution in [-0.2, 0) is 4.74 Å². The highest BCUT2D eigenvalue weighted by Crippen LogP contribution is 2.50. The van der Waals surface area contributed by atoms with Crippen molar-refractivity contribution in [1.29, 1.82) is 0 Å². The normalized spacial score (nSPS) is 17.5. The van der Waals surface area contributed by atoms with Crippen molar-refractivity contribution in [2.24, 2.45) is 10.8 Å². The highest BCUT2D eigenvalue weighted by Gasteiger charge is 2.33. The number of hydrogen-bond donors (Lipinski definition) is 0. The summed E-state index contributed by atoms with van der Waals surface area (Å²) in [5, 5.41) is 0. The monoisotopic (exact) mass is 498 g/mol. The van der Waals surface area contributed by atoms with Crippen LogP contribution in [0.1, 0.15) is 132 Å². The molecular formula is C30H58OS2. The van der Waals surface area contributed by atoms with E-state index < -0.39 is 0 Å². The van der Waals surface area contributed by atoms with Crippen LogP contribution in [0.3, 0.4) is 0 Å². The lowest BCUT2D eigenvalue weighted by Gasteiger charge is -2.37. The average Bonchev–Trinajstić information content (AvgIpc) is 2.82. The van der Waals surface area contributed by atoms with Gasteiger partial charge in [0.25, 0.3) is 0 Å². The highest BCUT2D eigenvalue weighted by atomic mass is 32.2. The van der Waals surface area contributed by atoms with Crippen molar-refractivity contribution < 1.29 is 4.74 Å². The third kappa shape index (κ3) is 12.0. The number of hydrogen-bond acceptors (Lipinski definition) is 3. The van der Waals surface area contributed by atoms with Crippen molar-refractivity contribution in [3.05, 3.63) is 24.5 Å². The fourth-order valence-corrected chi connectivity index (χ4v) is 8.11. The molecule has 0 saturated carbocycles. The summed E-state index contributed by atoms with van der Waals surface area (Å²) in [5.74, 6) is 3.65. The molecule has 1 fully saturated rings. The molecule has 1 saturated heterocycles. The van der Waals surface area contributed by atoms with E-state index in [0.717, 1.165) is 12.4 Å². The molecule has 1 aliphatic rings. The fourth-order valence-electron chi connectivity index (χ4n) is 4.62. The molecule has 33 heavy (non-hydrogen) atoms. The van der Waals surface area contributed by atoms with Crippen LogP contribution in [0.5, 0.6) is 0 Å². The van der Waals surface area contributed by atoms with Crippen LogP contribution in [0.4, 0.5) is 0 Å². The van der Waals surface area contributed by atoms with Crippen LogP contribution in [0.15, 0.2) is 24.5 Å². The van der Waals surface area contributed by atoms with Crippen molar-refractivity contribution in [3.8, 4) is 0 Å². The van der Waals surface area contributed by atoms with Gasteiger partial charge in [0.05, 0.1) is 16.4 Å². The molecule has 0 spiro atoms. The Balaban J connectivity index is 0.00000497. The average molecular weight is 499 g/mol. The predicted molar refractivity (Wildman–Crippen MR) is 158 cm³/mol. The van der Waals surface area contributed by atoms with Crippen molar-refractivity contribution in [3.63, 3.8) is 0 Å². The van der Waals surface area contributed by atoms with Gasteiger partial charge in [-0.25, -0.2) is 0 Å². The summed E-state index contributed by atoms with van der Waals surface area (Å²) in [4.78, 5) is 0. The Kier molecular flexibility index (Phi) is 17.4. The van der Waals surface area contributed by atoms with Gasteiger partial charge in [0.15, 0.2) is 0 Å². The van der Waals surface area contributed by atoms with E-state index in [2.05, 4.69) is 71.3 Å². The second kappa shape index (κ2) is 17.4. The minimum atomic E-state index is 0.0848. The van der Waals surface area contributed by atoms with Gasteiger partial charge in [-0.15, -0.1) is 23.5 Å². The Bertz CT molecular complexity index is 533. The first-order chi connectivity index (χ1) is 15.6. The summed E-state index contributed by atoms with van der Waals surface area (Å²) in [6.07, 6.45) is 15.5. The second-order valence-electron chi connectivity index (χ2n) is 10.4. The fraction of sp³-hybridized carbons (Fsp3) is 0.867. The topological polar surface area (TPSA) is 9.23 Å². The lowest BCUT2D eigenvalue weighted by atomic mass is 9.74. The molecule has 1 atom stereocenters. The number of rotatable bonds is 17.